The van der Waals surface area contributed by atoms with Crippen molar-refractivity contribution in [3.8, 4) is 0 Å². The van der Waals surface area contributed by atoms with Crippen LogP contribution >= 0.6 is 0 Å². The number of fused-ring (bicyclic) bond motifs is 1. The van der Waals surface area contributed by atoms with Crippen molar-refractivity contribution in [1.29, 1.82) is 0 Å². The number of H-pyrrole nitrogens is 1. The van der Waals surface area contributed by atoms with Gasteiger partial charge in [-0.25, -0.2) is 14.1 Å². The summed E-state index contributed by atoms with van der Waals surface area (Å²) >= 11 is 0. The second-order valence-corrected chi connectivity index (χ2v) is 6.41. The average Bonchev–Trinajstić information content (AvgIpc) is 3.05. The minimum atomic E-state index is -1.14. The number of aromatic amines is 1. The Morgan fingerprint density at radius 1 is 1.38 bits per heavy atom. The molecule has 1 fully saturated rings. The number of carbonyl (C=O) groups excluding carboxylic acids is 1. The van der Waals surface area contributed by atoms with Crippen LogP contribution in [0.3, 0.4) is 0 Å². The van der Waals surface area contributed by atoms with Crippen LogP contribution in [-0.4, -0.2) is 56.4 Å². The molecule has 2 aromatic rings. The third-order valence-electron chi connectivity index (χ3n) is 4.66. The molecule has 1 aliphatic heterocycles. The van der Waals surface area contributed by atoms with Gasteiger partial charge in [0.25, 0.3) is 5.56 Å². The van der Waals surface area contributed by atoms with E-state index >= 15 is 0 Å². The molecule has 0 saturated carbocycles. The Bertz CT molecular complexity index is 864. The molecule has 0 bridgehead atoms. The molecule has 3 heterocycles. The Morgan fingerprint density at radius 3 is 2.77 bits per heavy atom. The number of nitrogens with one attached hydrogen (secondary N) is 1. The summed E-state index contributed by atoms with van der Waals surface area (Å²) < 4.78 is 6.71. The van der Waals surface area contributed by atoms with Crippen LogP contribution in [-0.2, 0) is 4.74 Å². The highest BCUT2D eigenvalue weighted by Crippen LogP contribution is 2.28. The summed E-state index contributed by atoms with van der Waals surface area (Å²) in [4.78, 5) is 39.5. The van der Waals surface area contributed by atoms with Gasteiger partial charge in [0.15, 0.2) is 5.65 Å². The highest BCUT2D eigenvalue weighted by atomic mass is 16.6. The SMILES string of the molecule is CCCCOC(=O)N1CCC(c2cc(=O)[nH]c3c(C(=O)O)cnn23)CC1. The van der Waals surface area contributed by atoms with E-state index in [0.717, 1.165) is 12.8 Å². The zero-order valence-corrected chi connectivity index (χ0v) is 14.6. The summed E-state index contributed by atoms with van der Waals surface area (Å²) in [6.07, 6.45) is 4.05. The Morgan fingerprint density at radius 2 is 2.12 bits per heavy atom. The number of likely N-dealkylation sites (tertiary alicyclic amines) is 1. The van der Waals surface area contributed by atoms with Crippen molar-refractivity contribution in [3.05, 3.63) is 33.9 Å². The Kier molecular flexibility index (Phi) is 5.24. The van der Waals surface area contributed by atoms with E-state index in [2.05, 4.69) is 10.1 Å². The number of hydrogen-bond acceptors (Lipinski definition) is 5. The lowest BCUT2D eigenvalue weighted by Crippen LogP contribution is -2.39. The van der Waals surface area contributed by atoms with Crippen LogP contribution in [0.25, 0.3) is 5.65 Å². The first kappa shape index (κ1) is 18.0. The monoisotopic (exact) mass is 362 g/mol. The molecule has 0 aromatic carbocycles. The van der Waals surface area contributed by atoms with Crippen LogP contribution in [0.1, 0.15) is 54.6 Å². The van der Waals surface area contributed by atoms with E-state index in [1.807, 2.05) is 6.92 Å². The van der Waals surface area contributed by atoms with Gasteiger partial charge in [-0.1, -0.05) is 13.3 Å². The molecule has 9 heteroatoms. The van der Waals surface area contributed by atoms with Crippen molar-refractivity contribution in [2.75, 3.05) is 19.7 Å². The van der Waals surface area contributed by atoms with E-state index in [0.29, 0.717) is 38.2 Å². The molecule has 2 aromatic heterocycles. The zero-order valence-electron chi connectivity index (χ0n) is 14.6. The molecule has 0 unspecified atom stereocenters. The van der Waals surface area contributed by atoms with Gasteiger partial charge >= 0.3 is 12.1 Å². The van der Waals surface area contributed by atoms with E-state index < -0.39 is 5.97 Å². The molecule has 0 radical (unpaired) electrons. The molecule has 1 aliphatic rings. The fourth-order valence-corrected chi connectivity index (χ4v) is 3.21. The fraction of sp³-hybridized carbons (Fsp3) is 0.529. The van der Waals surface area contributed by atoms with E-state index in [4.69, 9.17) is 4.74 Å². The maximum Gasteiger partial charge on any atom is 0.409 e. The third-order valence-corrected chi connectivity index (χ3v) is 4.66. The van der Waals surface area contributed by atoms with Gasteiger partial charge in [-0.2, -0.15) is 5.10 Å². The molecule has 1 amide bonds. The number of aromatic carboxylic acids is 1. The van der Waals surface area contributed by atoms with Gasteiger partial charge in [0.1, 0.15) is 5.56 Å². The van der Waals surface area contributed by atoms with Gasteiger partial charge in [0.2, 0.25) is 0 Å². The quantitative estimate of drug-likeness (QED) is 0.784. The van der Waals surface area contributed by atoms with E-state index in [-0.39, 0.29) is 28.8 Å². The van der Waals surface area contributed by atoms with Gasteiger partial charge in [-0.05, 0) is 19.3 Å². The summed E-state index contributed by atoms with van der Waals surface area (Å²) in [5, 5.41) is 13.3. The molecule has 3 rings (SSSR count). The number of piperidine rings is 1. The highest BCUT2D eigenvalue weighted by Gasteiger charge is 2.27. The summed E-state index contributed by atoms with van der Waals surface area (Å²) in [7, 11) is 0. The number of amides is 1. The lowest BCUT2D eigenvalue weighted by Gasteiger charge is -2.31. The standard InChI is InChI=1S/C17H22N4O5/c1-2-3-8-26-17(25)20-6-4-11(5-7-20)13-9-14(22)19-15-12(16(23)24)10-18-21(13)15/h9-11H,2-8H2,1H3,(H,19,22)(H,23,24). The smallest absolute Gasteiger partial charge is 0.409 e. The predicted octanol–water partition coefficient (Wildman–Crippen LogP) is 1.84. The van der Waals surface area contributed by atoms with Gasteiger partial charge in [0, 0.05) is 25.1 Å². The number of unbranched alkanes of at least 4 members (excludes halogenated alkanes) is 1. The van der Waals surface area contributed by atoms with Crippen LogP contribution in [0.2, 0.25) is 0 Å². The fourth-order valence-electron chi connectivity index (χ4n) is 3.21. The largest absolute Gasteiger partial charge is 0.477 e. The van der Waals surface area contributed by atoms with Gasteiger partial charge < -0.3 is 19.7 Å². The second kappa shape index (κ2) is 7.59. The topological polar surface area (TPSA) is 117 Å². The number of rotatable bonds is 5. The molecular weight excluding hydrogens is 340 g/mol. The van der Waals surface area contributed by atoms with Crippen LogP contribution < -0.4 is 5.56 Å². The number of ether oxygens (including phenoxy) is 1. The molecule has 0 aliphatic carbocycles. The number of carbonyl (C=O) groups is 2. The minimum Gasteiger partial charge on any atom is -0.477 e. The molecule has 9 nitrogen and oxygen atoms in total. The Balaban J connectivity index is 1.75. The number of carboxylic acids is 1. The maximum absolute atomic E-state index is 12.0. The minimum absolute atomic E-state index is 0.0148. The first-order valence-electron chi connectivity index (χ1n) is 8.77. The molecule has 26 heavy (non-hydrogen) atoms. The zero-order chi connectivity index (χ0) is 18.7. The lowest BCUT2D eigenvalue weighted by molar-refractivity contribution is 0.0698. The summed E-state index contributed by atoms with van der Waals surface area (Å²) in [5.74, 6) is -1.13. The van der Waals surface area contributed by atoms with Crippen molar-refractivity contribution < 1.29 is 19.4 Å². The molecule has 1 saturated heterocycles. The predicted molar refractivity (Wildman–Crippen MR) is 92.6 cm³/mol. The van der Waals surface area contributed by atoms with Crippen molar-refractivity contribution in [2.45, 2.75) is 38.5 Å². The van der Waals surface area contributed by atoms with Crippen molar-refractivity contribution in [2.24, 2.45) is 0 Å². The molecule has 140 valence electrons. The first-order valence-corrected chi connectivity index (χ1v) is 8.77. The third kappa shape index (κ3) is 3.56. The highest BCUT2D eigenvalue weighted by molar-refractivity contribution is 5.94. The molecular formula is C17H22N4O5. The maximum atomic E-state index is 12.0. The second-order valence-electron chi connectivity index (χ2n) is 6.41. The van der Waals surface area contributed by atoms with E-state index in [1.165, 1.54) is 16.8 Å². The number of nitrogens with zero attached hydrogens (tertiary/aromatic N) is 3. The van der Waals surface area contributed by atoms with Gasteiger partial charge in [-0.3, -0.25) is 4.79 Å². The first-order chi connectivity index (χ1) is 12.5. The molecule has 0 atom stereocenters. The Labute approximate surface area is 149 Å². The van der Waals surface area contributed by atoms with Crippen LogP contribution in [0.4, 0.5) is 4.79 Å². The number of aromatic nitrogens is 3. The van der Waals surface area contributed by atoms with Crippen LogP contribution in [0.15, 0.2) is 17.1 Å². The average molecular weight is 362 g/mol. The van der Waals surface area contributed by atoms with Crippen molar-refractivity contribution >= 4 is 17.7 Å². The summed E-state index contributed by atoms with van der Waals surface area (Å²) in [5.41, 5.74) is 0.439. The van der Waals surface area contributed by atoms with E-state index in [9.17, 15) is 19.5 Å². The molecule has 0 spiro atoms. The van der Waals surface area contributed by atoms with E-state index in [1.54, 1.807) is 4.90 Å². The van der Waals surface area contributed by atoms with Crippen LogP contribution in [0, 0.1) is 0 Å². The van der Waals surface area contributed by atoms with Crippen molar-refractivity contribution in [3.63, 3.8) is 0 Å². The van der Waals surface area contributed by atoms with Gasteiger partial charge in [0.05, 0.1) is 18.5 Å². The van der Waals surface area contributed by atoms with Crippen molar-refractivity contribution in [1.82, 2.24) is 19.5 Å². The lowest BCUT2D eigenvalue weighted by atomic mass is 9.93. The molecule has 2 N–H and O–H groups in total. The van der Waals surface area contributed by atoms with Gasteiger partial charge in [-0.15, -0.1) is 0 Å². The number of carboxylic acid groups (broad SMARTS) is 1. The summed E-state index contributed by atoms with van der Waals surface area (Å²) in [6, 6.07) is 1.45. The summed E-state index contributed by atoms with van der Waals surface area (Å²) in [6.45, 7) is 3.51. The van der Waals surface area contributed by atoms with Crippen LogP contribution in [0.5, 0.6) is 0 Å². The Hall–Kier alpha value is -2.84. The normalized spacial score (nSPS) is 15.3. The number of hydrogen-bond donors (Lipinski definition) is 2.